The van der Waals surface area contributed by atoms with Gasteiger partial charge in [-0.2, -0.15) is 0 Å². The van der Waals surface area contributed by atoms with E-state index in [0.29, 0.717) is 0 Å². The van der Waals surface area contributed by atoms with Crippen molar-refractivity contribution in [2.45, 2.75) is 32.2 Å². The summed E-state index contributed by atoms with van der Waals surface area (Å²) in [5.74, 6) is -0.179. The minimum Gasteiger partial charge on any atom is -0.406 e. The van der Waals surface area contributed by atoms with Crippen LogP contribution in [0.2, 0.25) is 0 Å². The quantitative estimate of drug-likeness (QED) is 0.500. The molecule has 114 valence electrons. The molecule has 1 aromatic carbocycles. The molecule has 0 unspecified atom stereocenters. The fourth-order valence-corrected chi connectivity index (χ4v) is 2.24. The second-order valence-corrected chi connectivity index (χ2v) is 5.47. The third-order valence-electron chi connectivity index (χ3n) is 2.78. The Hall–Kier alpha value is -0.750. The van der Waals surface area contributed by atoms with Crippen molar-refractivity contribution in [1.29, 1.82) is 0 Å². The van der Waals surface area contributed by atoms with Gasteiger partial charge in [0, 0.05) is 11.9 Å². The fourth-order valence-electron chi connectivity index (χ4n) is 1.84. The Morgan fingerprint density at radius 3 is 2.30 bits per heavy atom. The molecule has 0 radical (unpaired) electrons. The highest BCUT2D eigenvalue weighted by molar-refractivity contribution is 9.09. The summed E-state index contributed by atoms with van der Waals surface area (Å²) in [6, 6.07) is 6.02. The van der Waals surface area contributed by atoms with E-state index in [9.17, 15) is 13.2 Å². The van der Waals surface area contributed by atoms with E-state index in [0.717, 1.165) is 36.8 Å². The lowest BCUT2D eigenvalue weighted by molar-refractivity contribution is -0.274. The third kappa shape index (κ3) is 7.75. The van der Waals surface area contributed by atoms with Crippen molar-refractivity contribution in [3.63, 3.8) is 0 Å². The highest BCUT2D eigenvalue weighted by Crippen LogP contribution is 2.23. The van der Waals surface area contributed by atoms with Gasteiger partial charge in [-0.15, -0.1) is 13.2 Å². The van der Waals surface area contributed by atoms with E-state index in [-0.39, 0.29) is 5.75 Å². The van der Waals surface area contributed by atoms with Crippen molar-refractivity contribution in [2.75, 3.05) is 18.9 Å². The lowest BCUT2D eigenvalue weighted by Crippen LogP contribution is -2.19. The fraction of sp³-hybridized carbons (Fsp3) is 0.571. The Morgan fingerprint density at radius 1 is 1.10 bits per heavy atom. The van der Waals surface area contributed by atoms with Crippen LogP contribution in [0.25, 0.3) is 0 Å². The number of benzene rings is 1. The van der Waals surface area contributed by atoms with E-state index in [1.54, 1.807) is 12.1 Å². The Morgan fingerprint density at radius 2 is 1.75 bits per heavy atom. The molecule has 0 heterocycles. The van der Waals surface area contributed by atoms with Crippen LogP contribution in [0.5, 0.6) is 5.75 Å². The van der Waals surface area contributed by atoms with Gasteiger partial charge in [-0.3, -0.25) is 0 Å². The molecule has 2 nitrogen and oxygen atoms in total. The van der Waals surface area contributed by atoms with Crippen molar-refractivity contribution >= 4 is 15.9 Å². The standard InChI is InChI=1S/C14H19BrF3NO/c1-19(10-4-2-3-9-15)11-12-5-7-13(8-6-12)20-14(16,17)18/h5-8H,2-4,9-11H2,1H3. The molecule has 0 aliphatic carbocycles. The highest BCUT2D eigenvalue weighted by atomic mass is 79.9. The maximum Gasteiger partial charge on any atom is 0.573 e. The predicted octanol–water partition coefficient (Wildman–Crippen LogP) is 4.58. The Balaban J connectivity index is 2.37. The number of hydrogen-bond acceptors (Lipinski definition) is 2. The molecule has 0 atom stereocenters. The highest BCUT2D eigenvalue weighted by Gasteiger charge is 2.30. The van der Waals surface area contributed by atoms with E-state index in [1.807, 2.05) is 7.05 Å². The van der Waals surface area contributed by atoms with Crippen LogP contribution < -0.4 is 4.74 Å². The van der Waals surface area contributed by atoms with Crippen LogP contribution >= 0.6 is 15.9 Å². The summed E-state index contributed by atoms with van der Waals surface area (Å²) in [4.78, 5) is 2.16. The summed E-state index contributed by atoms with van der Waals surface area (Å²) in [6.45, 7) is 1.70. The molecule has 0 aromatic heterocycles. The first kappa shape index (κ1) is 17.3. The molecule has 0 spiro atoms. The molecule has 0 amide bonds. The van der Waals surface area contributed by atoms with Crippen molar-refractivity contribution < 1.29 is 17.9 Å². The first-order valence-corrected chi connectivity index (χ1v) is 7.62. The van der Waals surface area contributed by atoms with Crippen LogP contribution in [0.15, 0.2) is 24.3 Å². The van der Waals surface area contributed by atoms with E-state index in [2.05, 4.69) is 25.6 Å². The Labute approximate surface area is 126 Å². The van der Waals surface area contributed by atoms with Gasteiger partial charge in [-0.25, -0.2) is 0 Å². The molecular formula is C14H19BrF3NO. The molecular weight excluding hydrogens is 335 g/mol. The summed E-state index contributed by atoms with van der Waals surface area (Å²) >= 11 is 3.39. The summed E-state index contributed by atoms with van der Waals surface area (Å²) in [5.41, 5.74) is 0.975. The second-order valence-electron chi connectivity index (χ2n) is 4.68. The second kappa shape index (κ2) is 8.52. The smallest absolute Gasteiger partial charge is 0.406 e. The summed E-state index contributed by atoms with van der Waals surface area (Å²) in [6.07, 6.45) is -1.17. The van der Waals surface area contributed by atoms with Gasteiger partial charge in [0.1, 0.15) is 5.75 Å². The SMILES string of the molecule is CN(CCCCCBr)Cc1ccc(OC(F)(F)F)cc1. The van der Waals surface area contributed by atoms with Crippen molar-refractivity contribution in [3.8, 4) is 5.75 Å². The average Bonchev–Trinajstić information content (AvgIpc) is 2.35. The Bertz CT molecular complexity index is 381. The van der Waals surface area contributed by atoms with E-state index >= 15 is 0 Å². The normalized spacial score (nSPS) is 11.9. The van der Waals surface area contributed by atoms with Gasteiger partial charge < -0.3 is 9.64 Å². The molecule has 0 aliphatic heterocycles. The monoisotopic (exact) mass is 353 g/mol. The molecule has 6 heteroatoms. The van der Waals surface area contributed by atoms with Crippen LogP contribution in [0.1, 0.15) is 24.8 Å². The largest absolute Gasteiger partial charge is 0.573 e. The van der Waals surface area contributed by atoms with Gasteiger partial charge in [0.15, 0.2) is 0 Å². The Kier molecular flexibility index (Phi) is 7.37. The van der Waals surface area contributed by atoms with Crippen molar-refractivity contribution in [2.24, 2.45) is 0 Å². The number of ether oxygens (including phenoxy) is 1. The first-order chi connectivity index (χ1) is 9.40. The van der Waals surface area contributed by atoms with Gasteiger partial charge in [0.05, 0.1) is 0 Å². The third-order valence-corrected chi connectivity index (χ3v) is 3.34. The predicted molar refractivity (Wildman–Crippen MR) is 77.1 cm³/mol. The van der Waals surface area contributed by atoms with Crippen LogP contribution in [0.4, 0.5) is 13.2 Å². The summed E-state index contributed by atoms with van der Waals surface area (Å²) in [7, 11) is 2.01. The number of halogens is 4. The van der Waals surface area contributed by atoms with Crippen molar-refractivity contribution in [3.05, 3.63) is 29.8 Å². The number of hydrogen-bond donors (Lipinski definition) is 0. The number of nitrogens with zero attached hydrogens (tertiary/aromatic N) is 1. The van der Waals surface area contributed by atoms with Crippen molar-refractivity contribution in [1.82, 2.24) is 4.90 Å². The average molecular weight is 354 g/mol. The van der Waals surface area contributed by atoms with Gasteiger partial charge in [0.2, 0.25) is 0 Å². The maximum atomic E-state index is 12.0. The van der Waals surface area contributed by atoms with Gasteiger partial charge in [-0.1, -0.05) is 34.5 Å². The molecule has 0 N–H and O–H groups in total. The lowest BCUT2D eigenvalue weighted by Gasteiger charge is -2.17. The molecule has 0 aliphatic rings. The topological polar surface area (TPSA) is 12.5 Å². The zero-order valence-electron chi connectivity index (χ0n) is 11.4. The zero-order valence-corrected chi connectivity index (χ0v) is 13.0. The number of alkyl halides is 4. The molecule has 0 fully saturated rings. The van der Waals surface area contributed by atoms with Gasteiger partial charge >= 0.3 is 6.36 Å². The number of unbranched alkanes of at least 4 members (excludes halogenated alkanes) is 2. The van der Waals surface area contributed by atoms with Gasteiger partial charge in [-0.05, 0) is 44.1 Å². The van der Waals surface area contributed by atoms with Crippen LogP contribution in [0.3, 0.4) is 0 Å². The van der Waals surface area contributed by atoms with E-state index in [4.69, 9.17) is 0 Å². The molecule has 0 saturated carbocycles. The summed E-state index contributed by atoms with van der Waals surface area (Å²) in [5, 5.41) is 1.03. The van der Waals surface area contributed by atoms with Crippen LogP contribution in [-0.2, 0) is 6.54 Å². The van der Waals surface area contributed by atoms with E-state index < -0.39 is 6.36 Å². The maximum absolute atomic E-state index is 12.0. The molecule has 1 aromatic rings. The first-order valence-electron chi connectivity index (χ1n) is 6.50. The van der Waals surface area contributed by atoms with Crippen LogP contribution in [-0.4, -0.2) is 30.2 Å². The molecule has 0 saturated heterocycles. The van der Waals surface area contributed by atoms with Crippen LogP contribution in [0, 0.1) is 0 Å². The molecule has 0 bridgehead atoms. The minimum absolute atomic E-state index is 0.179. The minimum atomic E-state index is -4.63. The van der Waals surface area contributed by atoms with Gasteiger partial charge in [0.25, 0.3) is 0 Å². The van der Waals surface area contributed by atoms with E-state index in [1.165, 1.54) is 18.6 Å². The molecule has 20 heavy (non-hydrogen) atoms. The number of rotatable bonds is 8. The summed E-state index contributed by atoms with van der Waals surface area (Å²) < 4.78 is 39.9. The molecule has 1 rings (SSSR count). The lowest BCUT2D eigenvalue weighted by atomic mass is 10.2. The zero-order chi connectivity index (χ0) is 15.0.